The van der Waals surface area contributed by atoms with Gasteiger partial charge in [0, 0.05) is 21.4 Å². The molecule has 0 N–H and O–H groups in total. The molecule has 0 saturated carbocycles. The maximum Gasteiger partial charge on any atom is 0.147 e. The number of halogens is 2. The summed E-state index contributed by atoms with van der Waals surface area (Å²) in [4.78, 5) is 13.2. The van der Waals surface area contributed by atoms with Gasteiger partial charge in [0.2, 0.25) is 0 Å². The van der Waals surface area contributed by atoms with Gasteiger partial charge in [-0.05, 0) is 36.2 Å². The molecule has 2 aromatic rings. The van der Waals surface area contributed by atoms with Gasteiger partial charge in [-0.1, -0.05) is 47.5 Å². The van der Waals surface area contributed by atoms with Crippen LogP contribution in [0, 0.1) is 6.92 Å². The van der Waals surface area contributed by atoms with Crippen LogP contribution >= 0.6 is 35.0 Å². The highest BCUT2D eigenvalue weighted by Crippen LogP contribution is 2.26. The van der Waals surface area contributed by atoms with Crippen molar-refractivity contribution >= 4 is 40.7 Å². The highest BCUT2D eigenvalue weighted by molar-refractivity contribution is 8.00. The molecule has 1 nitrogen and oxygen atoms in total. The Kier molecular flexibility index (Phi) is 5.53. The van der Waals surface area contributed by atoms with Crippen molar-refractivity contribution in [3.63, 3.8) is 0 Å². The molecule has 0 aliphatic rings. The lowest BCUT2D eigenvalue weighted by Crippen LogP contribution is -2.06. The van der Waals surface area contributed by atoms with Gasteiger partial charge in [0.05, 0.1) is 5.75 Å². The smallest absolute Gasteiger partial charge is 0.147 e. The monoisotopic (exact) mass is 324 g/mol. The third kappa shape index (κ3) is 4.02. The highest BCUT2D eigenvalue weighted by atomic mass is 35.5. The van der Waals surface area contributed by atoms with E-state index in [2.05, 4.69) is 0 Å². The van der Waals surface area contributed by atoms with Gasteiger partial charge in [0.15, 0.2) is 0 Å². The summed E-state index contributed by atoms with van der Waals surface area (Å²) in [5.41, 5.74) is 1.90. The van der Waals surface area contributed by atoms with E-state index >= 15 is 0 Å². The van der Waals surface area contributed by atoms with Crippen LogP contribution in [0.15, 0.2) is 47.4 Å². The molecule has 0 aliphatic carbocycles. The molecule has 0 fully saturated rings. The predicted molar refractivity (Wildman–Crippen MR) is 87.1 cm³/mol. The number of Topliss-reactive ketones (excluding diaryl/α,β-unsaturated/α-hetero) is 1. The molecule has 4 heteroatoms. The maximum atomic E-state index is 12.1. The summed E-state index contributed by atoms with van der Waals surface area (Å²) < 4.78 is 0. The molecule has 2 rings (SSSR count). The number of rotatable bonds is 5. The van der Waals surface area contributed by atoms with Crippen LogP contribution in [0.3, 0.4) is 0 Å². The molecule has 0 amide bonds. The number of hydrogen-bond donors (Lipinski definition) is 0. The van der Waals surface area contributed by atoms with Gasteiger partial charge in [-0.25, -0.2) is 0 Å². The van der Waals surface area contributed by atoms with Gasteiger partial charge in [-0.3, -0.25) is 4.79 Å². The summed E-state index contributed by atoms with van der Waals surface area (Å²) in [6.45, 7) is 2.04. The first kappa shape index (κ1) is 15.4. The van der Waals surface area contributed by atoms with Crippen molar-refractivity contribution in [2.24, 2.45) is 0 Å². The summed E-state index contributed by atoms with van der Waals surface area (Å²) in [7, 11) is 0. The largest absolute Gasteiger partial charge is 0.298 e. The van der Waals surface area contributed by atoms with Crippen molar-refractivity contribution in [1.82, 2.24) is 0 Å². The van der Waals surface area contributed by atoms with E-state index in [0.29, 0.717) is 21.4 Å². The fourth-order valence-corrected chi connectivity index (χ4v) is 3.25. The van der Waals surface area contributed by atoms with E-state index in [-0.39, 0.29) is 12.2 Å². The Morgan fingerprint density at radius 2 is 1.70 bits per heavy atom. The van der Waals surface area contributed by atoms with Crippen LogP contribution in [0.2, 0.25) is 10.0 Å². The topological polar surface area (TPSA) is 17.1 Å². The molecule has 0 aliphatic heterocycles. The number of ketones is 1. The minimum absolute atomic E-state index is 0.119. The molecule has 0 spiro atoms. The summed E-state index contributed by atoms with van der Waals surface area (Å²) in [5, 5.41) is 1.10. The van der Waals surface area contributed by atoms with Crippen LogP contribution in [0.25, 0.3) is 0 Å². The maximum absolute atomic E-state index is 12.1. The zero-order chi connectivity index (χ0) is 14.5. The summed E-state index contributed by atoms with van der Waals surface area (Å²) >= 11 is 13.7. The lowest BCUT2D eigenvalue weighted by atomic mass is 10.1. The molecular weight excluding hydrogens is 311 g/mol. The third-order valence-corrected chi connectivity index (χ3v) is 4.86. The zero-order valence-electron chi connectivity index (χ0n) is 11.0. The van der Waals surface area contributed by atoms with Crippen LogP contribution < -0.4 is 0 Å². The number of thioether (sulfide) groups is 1. The van der Waals surface area contributed by atoms with E-state index < -0.39 is 0 Å². The summed E-state index contributed by atoms with van der Waals surface area (Å²) in [6.07, 6.45) is 0.275. The molecule has 0 saturated heterocycles. The van der Waals surface area contributed by atoms with Crippen LogP contribution in [-0.4, -0.2) is 11.5 Å². The zero-order valence-corrected chi connectivity index (χ0v) is 13.4. The lowest BCUT2D eigenvalue weighted by molar-refractivity contribution is -0.116. The highest BCUT2D eigenvalue weighted by Gasteiger charge is 2.11. The minimum Gasteiger partial charge on any atom is -0.298 e. The van der Waals surface area contributed by atoms with Crippen LogP contribution in [0.5, 0.6) is 0 Å². The SMILES string of the molecule is Cc1ccccc1SCC(=O)Cc1c(Cl)cccc1Cl. The fraction of sp³-hybridized carbons (Fsp3) is 0.188. The Hall–Kier alpha value is -0.960. The standard InChI is InChI=1S/C16H14Cl2OS/c1-11-5-2-3-8-16(11)20-10-12(19)9-13-14(17)6-4-7-15(13)18/h2-8H,9-10H2,1H3. The van der Waals surface area contributed by atoms with Gasteiger partial charge in [0.25, 0.3) is 0 Å². The van der Waals surface area contributed by atoms with E-state index in [0.717, 1.165) is 4.90 Å². The Morgan fingerprint density at radius 3 is 2.35 bits per heavy atom. The van der Waals surface area contributed by atoms with E-state index in [4.69, 9.17) is 23.2 Å². The quantitative estimate of drug-likeness (QED) is 0.702. The van der Waals surface area contributed by atoms with Gasteiger partial charge in [0.1, 0.15) is 5.78 Å². The molecule has 0 bridgehead atoms. The molecule has 104 valence electrons. The second-order valence-electron chi connectivity index (χ2n) is 4.47. The average molecular weight is 325 g/mol. The molecule has 0 heterocycles. The minimum atomic E-state index is 0.119. The number of aryl methyl sites for hydroxylation is 1. The molecular formula is C16H14Cl2OS. The number of hydrogen-bond acceptors (Lipinski definition) is 2. The normalized spacial score (nSPS) is 10.6. The van der Waals surface area contributed by atoms with Crippen molar-refractivity contribution in [2.75, 3.05) is 5.75 Å². The second kappa shape index (κ2) is 7.16. The Balaban J connectivity index is 1.98. The van der Waals surface area contributed by atoms with Crippen molar-refractivity contribution in [3.05, 3.63) is 63.6 Å². The molecule has 2 aromatic carbocycles. The van der Waals surface area contributed by atoms with Crippen LogP contribution in [0.1, 0.15) is 11.1 Å². The first-order valence-corrected chi connectivity index (χ1v) is 7.95. The lowest BCUT2D eigenvalue weighted by Gasteiger charge is -2.07. The van der Waals surface area contributed by atoms with Crippen molar-refractivity contribution < 1.29 is 4.79 Å². The third-order valence-electron chi connectivity index (χ3n) is 2.92. The molecule has 20 heavy (non-hydrogen) atoms. The van der Waals surface area contributed by atoms with Crippen molar-refractivity contribution in [2.45, 2.75) is 18.2 Å². The molecule has 0 unspecified atom stereocenters. The number of carbonyl (C=O) groups excluding carboxylic acids is 1. The van der Waals surface area contributed by atoms with Crippen molar-refractivity contribution in [3.8, 4) is 0 Å². The number of benzene rings is 2. The molecule has 0 atom stereocenters. The Labute approximate surface area is 133 Å². The predicted octanol–water partition coefficient (Wildman–Crippen LogP) is 5.21. The van der Waals surface area contributed by atoms with E-state index in [1.54, 1.807) is 30.0 Å². The first-order chi connectivity index (χ1) is 9.58. The van der Waals surface area contributed by atoms with Gasteiger partial charge < -0.3 is 0 Å². The van der Waals surface area contributed by atoms with Gasteiger partial charge in [-0.2, -0.15) is 0 Å². The fourth-order valence-electron chi connectivity index (χ4n) is 1.83. The van der Waals surface area contributed by atoms with Crippen LogP contribution in [-0.2, 0) is 11.2 Å². The summed E-state index contributed by atoms with van der Waals surface area (Å²) in [5.74, 6) is 0.542. The average Bonchev–Trinajstić information content (AvgIpc) is 2.42. The molecule has 0 radical (unpaired) electrons. The van der Waals surface area contributed by atoms with Crippen molar-refractivity contribution in [1.29, 1.82) is 0 Å². The summed E-state index contributed by atoms with van der Waals surface area (Å²) in [6, 6.07) is 13.3. The Bertz CT molecular complexity index is 605. The molecule has 0 aromatic heterocycles. The van der Waals surface area contributed by atoms with E-state index in [1.165, 1.54) is 5.56 Å². The van der Waals surface area contributed by atoms with E-state index in [1.807, 2.05) is 31.2 Å². The first-order valence-electron chi connectivity index (χ1n) is 6.21. The Morgan fingerprint density at radius 1 is 1.05 bits per heavy atom. The number of carbonyl (C=O) groups is 1. The van der Waals surface area contributed by atoms with Gasteiger partial charge in [-0.15, -0.1) is 11.8 Å². The second-order valence-corrected chi connectivity index (χ2v) is 6.30. The van der Waals surface area contributed by atoms with Crippen LogP contribution in [0.4, 0.5) is 0 Å². The van der Waals surface area contributed by atoms with E-state index in [9.17, 15) is 4.79 Å². The van der Waals surface area contributed by atoms with Gasteiger partial charge >= 0.3 is 0 Å².